The lowest BCUT2D eigenvalue weighted by atomic mass is 10.1. The molecule has 0 N–H and O–H groups in total. The molecule has 6 nitrogen and oxygen atoms in total. The highest BCUT2D eigenvalue weighted by Crippen LogP contribution is 2.43. The van der Waals surface area contributed by atoms with Gasteiger partial charge in [0.1, 0.15) is 18.3 Å². The Labute approximate surface area is 116 Å². The van der Waals surface area contributed by atoms with Crippen molar-refractivity contribution >= 4 is 10.1 Å². The monoisotopic (exact) mass is 298 g/mol. The van der Waals surface area contributed by atoms with Gasteiger partial charge >= 0.3 is 0 Å². The van der Waals surface area contributed by atoms with Crippen molar-refractivity contribution in [2.45, 2.75) is 42.5 Å². The lowest BCUT2D eigenvalue weighted by Crippen LogP contribution is -2.42. The third-order valence-corrected chi connectivity index (χ3v) is 5.13. The van der Waals surface area contributed by atoms with Gasteiger partial charge < -0.3 is 14.2 Å². The largest absolute Gasteiger partial charge is 0.364 e. The summed E-state index contributed by atoms with van der Waals surface area (Å²) in [5, 5.41) is 0. The molecule has 108 valence electrons. The molecule has 0 saturated carbocycles. The van der Waals surface area contributed by atoms with Crippen molar-refractivity contribution in [3.8, 4) is 0 Å². The number of fused-ring (bicyclic) bond motifs is 4. The van der Waals surface area contributed by atoms with Crippen LogP contribution < -0.4 is 0 Å². The molecule has 1 aromatic rings. The van der Waals surface area contributed by atoms with Crippen molar-refractivity contribution in [2.75, 3.05) is 6.61 Å². The second-order valence-electron chi connectivity index (χ2n) is 5.27. The van der Waals surface area contributed by atoms with E-state index in [0.717, 1.165) is 5.56 Å². The predicted molar refractivity (Wildman–Crippen MR) is 66.5 cm³/mol. The average molecular weight is 298 g/mol. The Morgan fingerprint density at radius 3 is 2.65 bits per heavy atom. The van der Waals surface area contributed by atoms with Crippen molar-refractivity contribution < 1.29 is 26.8 Å². The second kappa shape index (κ2) is 4.25. The number of aryl methyl sites for hydroxylation is 1. The van der Waals surface area contributed by atoms with E-state index in [1.165, 1.54) is 12.1 Å². The van der Waals surface area contributed by atoms with Crippen molar-refractivity contribution in [3.05, 3.63) is 29.8 Å². The molecule has 5 atom stereocenters. The Balaban J connectivity index is 1.57. The molecule has 0 aromatic heterocycles. The van der Waals surface area contributed by atoms with Gasteiger partial charge in [-0.15, -0.1) is 0 Å². The van der Waals surface area contributed by atoms with Crippen LogP contribution >= 0.6 is 0 Å². The minimum absolute atomic E-state index is 0.0908. The highest BCUT2D eigenvalue weighted by molar-refractivity contribution is 7.86. The summed E-state index contributed by atoms with van der Waals surface area (Å²) < 4.78 is 46.2. The minimum Gasteiger partial charge on any atom is -0.364 e. The molecule has 7 heteroatoms. The number of hydrogen-bond acceptors (Lipinski definition) is 6. The van der Waals surface area contributed by atoms with Crippen LogP contribution in [0, 0.1) is 6.92 Å². The van der Waals surface area contributed by atoms with Gasteiger partial charge in [0.25, 0.3) is 10.1 Å². The Morgan fingerprint density at radius 1 is 1.15 bits per heavy atom. The zero-order valence-electron chi connectivity index (χ0n) is 10.8. The van der Waals surface area contributed by atoms with E-state index in [1.54, 1.807) is 12.1 Å². The fraction of sp³-hybridized carbons (Fsp3) is 0.538. The van der Waals surface area contributed by atoms with Gasteiger partial charge in [-0.05, 0) is 19.1 Å². The van der Waals surface area contributed by atoms with Crippen LogP contribution in [0.3, 0.4) is 0 Å². The summed E-state index contributed by atoms with van der Waals surface area (Å²) in [6.45, 7) is 2.32. The number of epoxide rings is 1. The predicted octanol–water partition coefficient (Wildman–Crippen LogP) is 0.591. The maximum atomic E-state index is 12.3. The van der Waals surface area contributed by atoms with E-state index < -0.39 is 22.5 Å². The number of hydrogen-bond donors (Lipinski definition) is 0. The number of benzene rings is 1. The average Bonchev–Trinajstić information content (AvgIpc) is 3.09. The fourth-order valence-electron chi connectivity index (χ4n) is 2.65. The fourth-order valence-corrected chi connectivity index (χ4v) is 3.72. The van der Waals surface area contributed by atoms with Gasteiger partial charge in [-0.3, -0.25) is 4.18 Å². The maximum absolute atomic E-state index is 12.3. The van der Waals surface area contributed by atoms with Gasteiger partial charge in [-0.25, -0.2) is 0 Å². The molecule has 3 aliphatic heterocycles. The third-order valence-electron chi connectivity index (χ3n) is 3.80. The Hall–Kier alpha value is -0.990. The molecular weight excluding hydrogens is 284 g/mol. The smallest absolute Gasteiger partial charge is 0.297 e. The highest BCUT2D eigenvalue weighted by Gasteiger charge is 2.63. The highest BCUT2D eigenvalue weighted by atomic mass is 32.2. The molecule has 4 rings (SSSR count). The van der Waals surface area contributed by atoms with Crippen molar-refractivity contribution in [1.29, 1.82) is 0 Å². The molecule has 0 radical (unpaired) electrons. The zero-order valence-corrected chi connectivity index (χ0v) is 11.6. The van der Waals surface area contributed by atoms with Crippen molar-refractivity contribution in [3.63, 3.8) is 0 Å². The van der Waals surface area contributed by atoms with E-state index in [1.807, 2.05) is 6.92 Å². The molecule has 1 aromatic carbocycles. The molecule has 1 unspecified atom stereocenters. The quantitative estimate of drug-likeness (QED) is 0.600. The van der Waals surface area contributed by atoms with E-state index in [0.29, 0.717) is 6.61 Å². The zero-order chi connectivity index (χ0) is 13.9. The van der Waals surface area contributed by atoms with Gasteiger partial charge in [-0.1, -0.05) is 17.7 Å². The van der Waals surface area contributed by atoms with E-state index in [-0.39, 0.29) is 23.2 Å². The van der Waals surface area contributed by atoms with Crippen LogP contribution in [0.4, 0.5) is 0 Å². The normalized spacial score (nSPS) is 38.5. The van der Waals surface area contributed by atoms with Crippen LogP contribution in [0.15, 0.2) is 29.2 Å². The lowest BCUT2D eigenvalue weighted by molar-refractivity contribution is -0.133. The molecule has 3 heterocycles. The molecular formula is C13H14O6S. The molecule has 3 fully saturated rings. The van der Waals surface area contributed by atoms with Crippen molar-refractivity contribution in [1.82, 2.24) is 0 Å². The summed E-state index contributed by atoms with van der Waals surface area (Å²) in [6, 6.07) is 6.51. The first-order valence-corrected chi connectivity index (χ1v) is 7.88. The Kier molecular flexibility index (Phi) is 2.71. The van der Waals surface area contributed by atoms with E-state index >= 15 is 0 Å². The van der Waals surface area contributed by atoms with Crippen LogP contribution in [-0.4, -0.2) is 45.7 Å². The first-order valence-electron chi connectivity index (χ1n) is 6.47. The van der Waals surface area contributed by atoms with Crippen molar-refractivity contribution in [2.24, 2.45) is 0 Å². The van der Waals surface area contributed by atoms with Gasteiger partial charge in [-0.2, -0.15) is 8.42 Å². The SMILES string of the molecule is Cc1ccc(S(=O)(=O)OC2[C@@H]3OC[C@@H](O3)[C@H]3O[C@@H]23)cc1. The second-order valence-corrected chi connectivity index (χ2v) is 6.84. The summed E-state index contributed by atoms with van der Waals surface area (Å²) in [5.41, 5.74) is 0.984. The van der Waals surface area contributed by atoms with Crippen LogP contribution in [0.1, 0.15) is 5.56 Å². The van der Waals surface area contributed by atoms with E-state index in [4.69, 9.17) is 18.4 Å². The molecule has 3 aliphatic rings. The Bertz CT molecular complexity index is 625. The third kappa shape index (κ3) is 1.97. The molecule has 0 spiro atoms. The first kappa shape index (κ1) is 12.7. The molecule has 0 amide bonds. The van der Waals surface area contributed by atoms with Crippen LogP contribution in [-0.2, 0) is 28.5 Å². The summed E-state index contributed by atoms with van der Waals surface area (Å²) >= 11 is 0. The lowest BCUT2D eigenvalue weighted by Gasteiger charge is -2.23. The van der Waals surface area contributed by atoms with Gasteiger partial charge in [0.05, 0.1) is 11.5 Å². The number of rotatable bonds is 3. The number of ether oxygens (including phenoxy) is 3. The van der Waals surface area contributed by atoms with Gasteiger partial charge in [0, 0.05) is 0 Å². The van der Waals surface area contributed by atoms with E-state index in [2.05, 4.69) is 0 Å². The maximum Gasteiger partial charge on any atom is 0.297 e. The summed E-state index contributed by atoms with van der Waals surface area (Å²) in [7, 11) is -3.85. The standard InChI is InChI=1S/C13H14O6S/c1-7-2-4-8(5-3-7)20(14,15)19-12-11-10(18-11)9-6-16-13(12)17-9/h2-5,9-13H,6H2,1H3/t9-,10-,11-,12?,13-/m1/s1. The van der Waals surface area contributed by atoms with Gasteiger partial charge in [0.15, 0.2) is 12.4 Å². The summed E-state index contributed by atoms with van der Waals surface area (Å²) in [6.07, 6.45) is -1.84. The van der Waals surface area contributed by atoms with E-state index in [9.17, 15) is 8.42 Å². The molecule has 20 heavy (non-hydrogen) atoms. The van der Waals surface area contributed by atoms with Gasteiger partial charge in [0.2, 0.25) is 0 Å². The molecule has 3 saturated heterocycles. The van der Waals surface area contributed by atoms with Crippen LogP contribution in [0.25, 0.3) is 0 Å². The van der Waals surface area contributed by atoms with Crippen LogP contribution in [0.2, 0.25) is 0 Å². The Morgan fingerprint density at radius 2 is 1.90 bits per heavy atom. The summed E-state index contributed by atoms with van der Waals surface area (Å²) in [5.74, 6) is 0. The topological polar surface area (TPSA) is 74.4 Å². The first-order chi connectivity index (χ1) is 9.54. The van der Waals surface area contributed by atoms with Crippen LogP contribution in [0.5, 0.6) is 0 Å². The minimum atomic E-state index is -3.85. The molecule has 2 bridgehead atoms. The molecule has 0 aliphatic carbocycles. The summed E-state index contributed by atoms with van der Waals surface area (Å²) in [4.78, 5) is 0.125.